The number of carboxylic acids is 2. The summed E-state index contributed by atoms with van der Waals surface area (Å²) in [5.74, 6) is -5.74. The number of aliphatic carboxylic acids is 2. The Morgan fingerprint density at radius 3 is 1.50 bits per heavy atom. The second kappa shape index (κ2) is 5.46. The number of nitrogens with zero attached hydrogens (tertiary/aromatic N) is 2. The molecule has 2 unspecified atom stereocenters. The number of benzene rings is 1. The quantitative estimate of drug-likeness (QED) is 0.816. The van der Waals surface area contributed by atoms with E-state index in [0.717, 1.165) is 0 Å². The van der Waals surface area contributed by atoms with Gasteiger partial charge < -0.3 is 10.2 Å². The Morgan fingerprint density at radius 1 is 0.944 bits per heavy atom. The summed E-state index contributed by atoms with van der Waals surface area (Å²) in [5.41, 5.74) is 0.0582. The molecule has 6 heteroatoms. The molecule has 0 heterocycles. The summed E-state index contributed by atoms with van der Waals surface area (Å²) in [5, 5.41) is 35.4. The standard InChI is InChI=1S/C12H8N2O4/c13-5-9(11(15)16)7-3-1-2-4-8(7)10(6-14)12(17)18/h1-4,9-10H,(H,15,16)(H,17,18). The van der Waals surface area contributed by atoms with Gasteiger partial charge in [-0.3, -0.25) is 9.59 Å². The number of nitriles is 2. The highest BCUT2D eigenvalue weighted by atomic mass is 16.4. The van der Waals surface area contributed by atoms with Crippen LogP contribution in [0.25, 0.3) is 0 Å². The van der Waals surface area contributed by atoms with Gasteiger partial charge in [0.05, 0.1) is 12.1 Å². The molecule has 0 bridgehead atoms. The van der Waals surface area contributed by atoms with Gasteiger partial charge in [-0.25, -0.2) is 0 Å². The molecule has 0 fully saturated rings. The Labute approximate surface area is 102 Å². The molecule has 0 saturated carbocycles. The van der Waals surface area contributed by atoms with Crippen molar-refractivity contribution in [3.8, 4) is 12.1 Å². The first-order chi connectivity index (χ1) is 8.52. The third-order valence-corrected chi connectivity index (χ3v) is 2.37. The minimum atomic E-state index is -1.49. The fraction of sp³-hybridized carbons (Fsp3) is 0.167. The van der Waals surface area contributed by atoms with Gasteiger partial charge in [-0.1, -0.05) is 24.3 Å². The van der Waals surface area contributed by atoms with Gasteiger partial charge in [-0.2, -0.15) is 10.5 Å². The maximum Gasteiger partial charge on any atom is 0.325 e. The predicted molar refractivity (Wildman–Crippen MR) is 58.4 cm³/mol. The third kappa shape index (κ3) is 2.45. The van der Waals surface area contributed by atoms with Gasteiger partial charge in [-0.15, -0.1) is 0 Å². The molecule has 6 nitrogen and oxygen atoms in total. The van der Waals surface area contributed by atoms with E-state index >= 15 is 0 Å². The minimum absolute atomic E-state index is 0.0291. The van der Waals surface area contributed by atoms with Crippen LogP contribution in [0.3, 0.4) is 0 Å². The molecular formula is C12H8N2O4. The summed E-state index contributed by atoms with van der Waals surface area (Å²) < 4.78 is 0. The number of hydrogen-bond acceptors (Lipinski definition) is 4. The highest BCUT2D eigenvalue weighted by molar-refractivity contribution is 5.84. The van der Waals surface area contributed by atoms with E-state index in [-0.39, 0.29) is 11.1 Å². The van der Waals surface area contributed by atoms with Crippen molar-refractivity contribution in [1.82, 2.24) is 0 Å². The molecule has 1 aromatic rings. The minimum Gasteiger partial charge on any atom is -0.480 e. The zero-order valence-electron chi connectivity index (χ0n) is 9.07. The van der Waals surface area contributed by atoms with E-state index in [1.807, 2.05) is 0 Å². The second-order valence-corrected chi connectivity index (χ2v) is 3.43. The zero-order chi connectivity index (χ0) is 13.7. The van der Waals surface area contributed by atoms with E-state index in [1.54, 1.807) is 12.1 Å². The van der Waals surface area contributed by atoms with Crippen LogP contribution in [0.4, 0.5) is 0 Å². The van der Waals surface area contributed by atoms with Crippen molar-refractivity contribution in [2.24, 2.45) is 0 Å². The molecule has 90 valence electrons. The van der Waals surface area contributed by atoms with Gasteiger partial charge in [0.25, 0.3) is 0 Å². The monoisotopic (exact) mass is 244 g/mol. The Bertz CT molecular complexity index is 517. The summed E-state index contributed by atoms with van der Waals surface area (Å²) >= 11 is 0. The normalized spacial score (nSPS) is 12.8. The Morgan fingerprint density at radius 2 is 1.28 bits per heavy atom. The molecule has 0 spiro atoms. The highest BCUT2D eigenvalue weighted by Crippen LogP contribution is 2.26. The number of hydrogen-bond donors (Lipinski definition) is 2. The summed E-state index contributed by atoms with van der Waals surface area (Å²) in [6.45, 7) is 0. The number of carbonyl (C=O) groups is 2. The Kier molecular flexibility index (Phi) is 4.01. The molecule has 0 radical (unpaired) electrons. The molecule has 0 saturated heterocycles. The van der Waals surface area contributed by atoms with Crippen molar-refractivity contribution >= 4 is 11.9 Å². The summed E-state index contributed by atoms with van der Waals surface area (Å²) in [6.07, 6.45) is 0. The topological polar surface area (TPSA) is 122 Å². The predicted octanol–water partition coefficient (Wildman–Crippen LogP) is 1.07. The van der Waals surface area contributed by atoms with Crippen LogP contribution in [0.5, 0.6) is 0 Å². The number of carboxylic acid groups (broad SMARTS) is 2. The third-order valence-electron chi connectivity index (χ3n) is 2.37. The molecule has 0 aliphatic heterocycles. The number of rotatable bonds is 4. The maximum absolute atomic E-state index is 10.9. The fourth-order valence-corrected chi connectivity index (χ4v) is 1.55. The summed E-state index contributed by atoms with van der Waals surface area (Å²) in [6, 6.07) is 8.80. The first-order valence-corrected chi connectivity index (χ1v) is 4.86. The molecule has 0 amide bonds. The van der Waals surface area contributed by atoms with E-state index in [4.69, 9.17) is 20.7 Å². The van der Waals surface area contributed by atoms with Crippen molar-refractivity contribution in [1.29, 1.82) is 10.5 Å². The second-order valence-electron chi connectivity index (χ2n) is 3.43. The van der Waals surface area contributed by atoms with E-state index in [0.29, 0.717) is 0 Å². The van der Waals surface area contributed by atoms with Crippen LogP contribution in [-0.2, 0) is 9.59 Å². The average molecular weight is 244 g/mol. The fourth-order valence-electron chi connectivity index (χ4n) is 1.55. The lowest BCUT2D eigenvalue weighted by Crippen LogP contribution is -2.16. The lowest BCUT2D eigenvalue weighted by atomic mass is 9.88. The van der Waals surface area contributed by atoms with Crippen molar-refractivity contribution in [3.05, 3.63) is 35.4 Å². The molecule has 0 aromatic heterocycles. The lowest BCUT2D eigenvalue weighted by Gasteiger charge is -2.12. The Balaban J connectivity index is 3.40. The van der Waals surface area contributed by atoms with E-state index in [1.165, 1.54) is 24.3 Å². The molecule has 0 aliphatic carbocycles. The van der Waals surface area contributed by atoms with Crippen molar-refractivity contribution < 1.29 is 19.8 Å². The molecular weight excluding hydrogens is 236 g/mol. The smallest absolute Gasteiger partial charge is 0.325 e. The molecule has 18 heavy (non-hydrogen) atoms. The zero-order valence-corrected chi connectivity index (χ0v) is 9.07. The van der Waals surface area contributed by atoms with Gasteiger partial charge in [0, 0.05) is 0 Å². The highest BCUT2D eigenvalue weighted by Gasteiger charge is 2.28. The molecule has 2 atom stereocenters. The van der Waals surface area contributed by atoms with Gasteiger partial charge in [0.2, 0.25) is 0 Å². The maximum atomic E-state index is 10.9. The largest absolute Gasteiger partial charge is 0.480 e. The van der Waals surface area contributed by atoms with Gasteiger partial charge in [0.15, 0.2) is 11.8 Å². The van der Waals surface area contributed by atoms with Gasteiger partial charge in [-0.05, 0) is 11.1 Å². The molecule has 2 N–H and O–H groups in total. The van der Waals surface area contributed by atoms with Crippen LogP contribution in [-0.4, -0.2) is 22.2 Å². The van der Waals surface area contributed by atoms with Crippen molar-refractivity contribution in [2.45, 2.75) is 11.8 Å². The van der Waals surface area contributed by atoms with Crippen LogP contribution in [0.1, 0.15) is 23.0 Å². The van der Waals surface area contributed by atoms with Crippen molar-refractivity contribution in [2.75, 3.05) is 0 Å². The van der Waals surface area contributed by atoms with Gasteiger partial charge >= 0.3 is 11.9 Å². The summed E-state index contributed by atoms with van der Waals surface area (Å²) in [7, 11) is 0. The SMILES string of the molecule is N#CC(C(=O)O)c1ccccc1C(C#N)C(=O)O. The Hall–Kier alpha value is -2.86. The first kappa shape index (κ1) is 13.2. The average Bonchev–Trinajstić information content (AvgIpc) is 2.32. The first-order valence-electron chi connectivity index (χ1n) is 4.86. The van der Waals surface area contributed by atoms with E-state index in [9.17, 15) is 9.59 Å². The van der Waals surface area contributed by atoms with E-state index < -0.39 is 23.8 Å². The van der Waals surface area contributed by atoms with Gasteiger partial charge in [0.1, 0.15) is 0 Å². The lowest BCUT2D eigenvalue weighted by molar-refractivity contribution is -0.138. The summed E-state index contributed by atoms with van der Waals surface area (Å²) in [4.78, 5) is 21.8. The van der Waals surface area contributed by atoms with Crippen LogP contribution in [0.2, 0.25) is 0 Å². The van der Waals surface area contributed by atoms with Crippen molar-refractivity contribution in [3.63, 3.8) is 0 Å². The molecule has 1 aromatic carbocycles. The van der Waals surface area contributed by atoms with E-state index in [2.05, 4.69) is 0 Å². The van der Waals surface area contributed by atoms with Crippen LogP contribution in [0, 0.1) is 22.7 Å². The van der Waals surface area contributed by atoms with Crippen LogP contribution >= 0.6 is 0 Å². The molecule has 1 rings (SSSR count). The van der Waals surface area contributed by atoms with Crippen LogP contribution < -0.4 is 0 Å². The molecule has 0 aliphatic rings. The van der Waals surface area contributed by atoms with Crippen LogP contribution in [0.15, 0.2) is 24.3 Å².